The lowest BCUT2D eigenvalue weighted by Crippen LogP contribution is -2.41. The highest BCUT2D eigenvalue weighted by molar-refractivity contribution is 7.16. The second-order valence-corrected chi connectivity index (χ2v) is 6.14. The van der Waals surface area contributed by atoms with E-state index in [2.05, 4.69) is 10.6 Å². The number of halogens is 4. The highest BCUT2D eigenvalue weighted by Gasteiger charge is 2.42. The van der Waals surface area contributed by atoms with Crippen LogP contribution < -0.4 is 10.6 Å². The van der Waals surface area contributed by atoms with E-state index in [1.54, 1.807) is 12.1 Å². The molecule has 0 saturated carbocycles. The van der Waals surface area contributed by atoms with Crippen LogP contribution >= 0.6 is 35.3 Å². The summed E-state index contributed by atoms with van der Waals surface area (Å²) in [5.74, 6) is -3.37. The van der Waals surface area contributed by atoms with Crippen LogP contribution in [0.2, 0.25) is 4.34 Å². The molecule has 2 unspecified atom stereocenters. The van der Waals surface area contributed by atoms with Crippen LogP contribution in [-0.4, -0.2) is 36.1 Å². The van der Waals surface area contributed by atoms with E-state index in [1.165, 1.54) is 11.3 Å². The number of carbonyl (C=O) groups is 1. The van der Waals surface area contributed by atoms with Crippen LogP contribution in [0.3, 0.4) is 0 Å². The minimum Gasteiger partial charge on any atom is -0.386 e. The van der Waals surface area contributed by atoms with Gasteiger partial charge in [-0.15, -0.1) is 23.7 Å². The Bertz CT molecular complexity index is 473. The van der Waals surface area contributed by atoms with Crippen molar-refractivity contribution >= 4 is 41.3 Å². The highest BCUT2D eigenvalue weighted by Crippen LogP contribution is 2.27. The minimum atomic E-state index is -2.85. The van der Waals surface area contributed by atoms with Gasteiger partial charge in [0.15, 0.2) is 0 Å². The largest absolute Gasteiger partial charge is 0.386 e. The quantitative estimate of drug-likeness (QED) is 0.781. The maximum atomic E-state index is 12.9. The zero-order valence-electron chi connectivity index (χ0n) is 10.2. The zero-order chi connectivity index (χ0) is 14.0. The average molecular weight is 347 g/mol. The Hall–Kier alpha value is -0.470. The van der Waals surface area contributed by atoms with E-state index in [0.29, 0.717) is 9.21 Å². The molecule has 0 spiro atoms. The molecule has 4 nitrogen and oxygen atoms in total. The SMILES string of the molecule is Cl.O=C(NCC(O)c1ccc(Cl)s1)C1CC(F)(F)CN1. The van der Waals surface area contributed by atoms with Gasteiger partial charge in [0.1, 0.15) is 6.10 Å². The van der Waals surface area contributed by atoms with Crippen molar-refractivity contribution in [3.63, 3.8) is 0 Å². The van der Waals surface area contributed by atoms with Gasteiger partial charge >= 0.3 is 0 Å². The van der Waals surface area contributed by atoms with E-state index >= 15 is 0 Å². The summed E-state index contributed by atoms with van der Waals surface area (Å²) < 4.78 is 26.4. The number of aliphatic hydroxyl groups excluding tert-OH is 1. The molecule has 1 aromatic heterocycles. The van der Waals surface area contributed by atoms with Crippen LogP contribution in [0, 0.1) is 0 Å². The predicted molar refractivity (Wildman–Crippen MR) is 75.9 cm³/mol. The Morgan fingerprint density at radius 1 is 1.65 bits per heavy atom. The van der Waals surface area contributed by atoms with E-state index in [4.69, 9.17) is 11.6 Å². The summed E-state index contributed by atoms with van der Waals surface area (Å²) >= 11 is 6.94. The Morgan fingerprint density at radius 3 is 2.85 bits per heavy atom. The third-order valence-electron chi connectivity index (χ3n) is 2.82. The number of hydrogen-bond acceptors (Lipinski definition) is 4. The monoisotopic (exact) mass is 346 g/mol. The molecule has 114 valence electrons. The summed E-state index contributed by atoms with van der Waals surface area (Å²) in [6.07, 6.45) is -1.40. The zero-order valence-corrected chi connectivity index (χ0v) is 12.6. The first-order valence-electron chi connectivity index (χ1n) is 5.69. The van der Waals surface area contributed by atoms with Crippen LogP contribution in [0.1, 0.15) is 17.4 Å². The van der Waals surface area contributed by atoms with Crippen molar-refractivity contribution in [1.29, 1.82) is 0 Å². The van der Waals surface area contributed by atoms with E-state index in [9.17, 15) is 18.7 Å². The molecule has 1 aromatic rings. The minimum absolute atomic E-state index is 0. The fraction of sp³-hybridized carbons (Fsp3) is 0.545. The van der Waals surface area contributed by atoms with Gasteiger partial charge in [-0.3, -0.25) is 10.1 Å². The molecular formula is C11H14Cl2F2N2O2S. The van der Waals surface area contributed by atoms with Crippen molar-refractivity contribution in [3.05, 3.63) is 21.3 Å². The summed E-state index contributed by atoms with van der Waals surface area (Å²) in [6.45, 7) is -0.520. The summed E-state index contributed by atoms with van der Waals surface area (Å²) in [7, 11) is 0. The van der Waals surface area contributed by atoms with Gasteiger partial charge in [-0.05, 0) is 12.1 Å². The molecule has 0 radical (unpaired) electrons. The van der Waals surface area contributed by atoms with Gasteiger partial charge in [0.05, 0.1) is 16.9 Å². The lowest BCUT2D eigenvalue weighted by atomic mass is 10.2. The van der Waals surface area contributed by atoms with Gasteiger partial charge < -0.3 is 10.4 Å². The molecule has 2 rings (SSSR count). The first-order valence-corrected chi connectivity index (χ1v) is 6.89. The van der Waals surface area contributed by atoms with E-state index in [-0.39, 0.29) is 19.0 Å². The number of thiophene rings is 1. The van der Waals surface area contributed by atoms with Gasteiger partial charge in [-0.2, -0.15) is 0 Å². The first kappa shape index (κ1) is 17.6. The van der Waals surface area contributed by atoms with Crippen LogP contribution in [0.5, 0.6) is 0 Å². The van der Waals surface area contributed by atoms with Gasteiger partial charge in [0.25, 0.3) is 5.92 Å². The number of carbonyl (C=O) groups excluding carboxylic acids is 1. The van der Waals surface area contributed by atoms with E-state index in [1.807, 2.05) is 0 Å². The molecule has 9 heteroatoms. The average Bonchev–Trinajstić information content (AvgIpc) is 2.91. The molecule has 1 saturated heterocycles. The Labute approximate surface area is 129 Å². The van der Waals surface area contributed by atoms with Crippen molar-refractivity contribution in [3.8, 4) is 0 Å². The number of aliphatic hydroxyl groups is 1. The predicted octanol–water partition coefficient (Wildman–Crippen LogP) is 1.97. The maximum Gasteiger partial charge on any atom is 0.262 e. The van der Waals surface area contributed by atoms with Crippen LogP contribution in [0.25, 0.3) is 0 Å². The molecule has 0 bridgehead atoms. The van der Waals surface area contributed by atoms with Crippen molar-refractivity contribution in [2.45, 2.75) is 24.5 Å². The van der Waals surface area contributed by atoms with Crippen molar-refractivity contribution < 1.29 is 18.7 Å². The van der Waals surface area contributed by atoms with Crippen LogP contribution in [0.15, 0.2) is 12.1 Å². The molecule has 2 atom stereocenters. The number of rotatable bonds is 4. The third-order valence-corrected chi connectivity index (χ3v) is 4.15. The van der Waals surface area contributed by atoms with Crippen LogP contribution in [-0.2, 0) is 4.79 Å². The second-order valence-electron chi connectivity index (χ2n) is 4.40. The Kier molecular flexibility index (Phi) is 6.15. The normalized spacial score (nSPS) is 22.1. The number of nitrogens with one attached hydrogen (secondary N) is 2. The highest BCUT2D eigenvalue weighted by atomic mass is 35.5. The molecule has 1 aliphatic heterocycles. The first-order chi connectivity index (χ1) is 8.87. The number of amides is 1. The van der Waals surface area contributed by atoms with Crippen molar-refractivity contribution in [2.24, 2.45) is 0 Å². The summed E-state index contributed by atoms with van der Waals surface area (Å²) in [6, 6.07) is 2.39. The molecule has 1 amide bonds. The maximum absolute atomic E-state index is 12.9. The molecule has 1 fully saturated rings. The lowest BCUT2D eigenvalue weighted by molar-refractivity contribution is -0.123. The summed E-state index contributed by atoms with van der Waals surface area (Å²) in [5.41, 5.74) is 0. The lowest BCUT2D eigenvalue weighted by Gasteiger charge is -2.13. The third kappa shape index (κ3) is 4.53. The fourth-order valence-corrected chi connectivity index (χ4v) is 2.88. The number of alkyl halides is 2. The Balaban J connectivity index is 0.00000200. The second kappa shape index (κ2) is 7.00. The van der Waals surface area contributed by atoms with Gasteiger partial charge in [0, 0.05) is 17.8 Å². The standard InChI is InChI=1S/C11H13ClF2N2O2S.ClH/c12-9-2-1-8(19-9)7(17)4-15-10(18)6-3-11(13,14)5-16-6;/h1-2,6-7,16-17H,3-5H2,(H,15,18);1H. The molecule has 2 heterocycles. The van der Waals surface area contributed by atoms with Crippen LogP contribution in [0.4, 0.5) is 8.78 Å². The molecule has 3 N–H and O–H groups in total. The molecule has 1 aliphatic rings. The fourth-order valence-electron chi connectivity index (χ4n) is 1.83. The van der Waals surface area contributed by atoms with Crippen molar-refractivity contribution in [2.75, 3.05) is 13.1 Å². The van der Waals surface area contributed by atoms with E-state index in [0.717, 1.165) is 0 Å². The molecule has 0 aromatic carbocycles. The number of hydrogen-bond donors (Lipinski definition) is 3. The van der Waals surface area contributed by atoms with Crippen molar-refractivity contribution in [1.82, 2.24) is 10.6 Å². The van der Waals surface area contributed by atoms with Gasteiger partial charge in [0.2, 0.25) is 5.91 Å². The van der Waals surface area contributed by atoms with Gasteiger partial charge in [-0.1, -0.05) is 11.6 Å². The van der Waals surface area contributed by atoms with Gasteiger partial charge in [-0.25, -0.2) is 8.78 Å². The molecular weight excluding hydrogens is 333 g/mol. The van der Waals surface area contributed by atoms with E-state index < -0.39 is 36.9 Å². The summed E-state index contributed by atoms with van der Waals surface area (Å²) in [5, 5.41) is 14.7. The molecule has 0 aliphatic carbocycles. The molecule has 20 heavy (non-hydrogen) atoms. The Morgan fingerprint density at radius 2 is 2.35 bits per heavy atom. The summed E-state index contributed by atoms with van der Waals surface area (Å²) in [4.78, 5) is 12.3. The topological polar surface area (TPSA) is 61.4 Å². The smallest absolute Gasteiger partial charge is 0.262 e.